The summed E-state index contributed by atoms with van der Waals surface area (Å²) in [6.45, 7) is 7.08. The second-order valence-corrected chi connectivity index (χ2v) is 4.27. The third-order valence-electron chi connectivity index (χ3n) is 2.59. The summed E-state index contributed by atoms with van der Waals surface area (Å²) >= 11 is 0. The number of unbranched alkanes of at least 4 members (excludes halogenated alkanes) is 4. The van der Waals surface area contributed by atoms with Crippen molar-refractivity contribution in [1.29, 1.82) is 0 Å². The maximum atomic E-state index is 5.48. The summed E-state index contributed by atoms with van der Waals surface area (Å²) in [6, 6.07) is 0. The topological polar surface area (TPSA) is 47.3 Å². The quantitative estimate of drug-likeness (QED) is 0.477. The zero-order valence-corrected chi connectivity index (χ0v) is 11.0. The first-order chi connectivity index (χ1) is 7.91. The molecule has 0 amide bonds. The maximum Gasteiger partial charge on any atom is 0.0478 e. The minimum Gasteiger partial charge on any atom is -0.381 e. The van der Waals surface area contributed by atoms with Crippen LogP contribution in [0.3, 0.4) is 0 Å². The first-order valence-corrected chi connectivity index (χ1v) is 6.90. The Labute approximate surface area is 101 Å². The Morgan fingerprint density at radius 2 is 1.56 bits per heavy atom. The van der Waals surface area contributed by atoms with Crippen LogP contribution in [0.15, 0.2) is 0 Å². The van der Waals surface area contributed by atoms with Gasteiger partial charge in [0.1, 0.15) is 0 Å². The third-order valence-corrected chi connectivity index (χ3v) is 2.59. The molecule has 0 aliphatic carbocycles. The molecule has 0 rings (SSSR count). The van der Waals surface area contributed by atoms with Crippen molar-refractivity contribution in [2.45, 2.75) is 51.9 Å². The Balaban J connectivity index is 2.83. The number of rotatable bonds is 13. The first kappa shape index (κ1) is 15.9. The molecule has 0 heterocycles. The van der Waals surface area contributed by atoms with Crippen molar-refractivity contribution in [3.63, 3.8) is 0 Å². The van der Waals surface area contributed by atoms with Gasteiger partial charge in [0.15, 0.2) is 0 Å². The second kappa shape index (κ2) is 14.9. The average Bonchev–Trinajstić information content (AvgIpc) is 2.31. The van der Waals surface area contributed by atoms with Crippen molar-refractivity contribution in [2.75, 3.05) is 32.8 Å². The lowest BCUT2D eigenvalue weighted by Crippen LogP contribution is -2.18. The van der Waals surface area contributed by atoms with E-state index < -0.39 is 0 Å². The van der Waals surface area contributed by atoms with Crippen LogP contribution in [0.25, 0.3) is 0 Å². The Bertz CT molecular complexity index is 107. The molecule has 0 saturated heterocycles. The zero-order chi connectivity index (χ0) is 11.9. The van der Waals surface area contributed by atoms with Gasteiger partial charge in [0, 0.05) is 13.2 Å². The van der Waals surface area contributed by atoms with Crippen molar-refractivity contribution in [1.82, 2.24) is 5.32 Å². The van der Waals surface area contributed by atoms with Crippen molar-refractivity contribution in [2.24, 2.45) is 5.73 Å². The van der Waals surface area contributed by atoms with Crippen molar-refractivity contribution in [3.05, 3.63) is 0 Å². The molecule has 0 aromatic carbocycles. The molecule has 0 aliphatic rings. The number of hydrogen-bond acceptors (Lipinski definition) is 3. The van der Waals surface area contributed by atoms with E-state index in [4.69, 9.17) is 10.5 Å². The fraction of sp³-hybridized carbons (Fsp3) is 1.00. The summed E-state index contributed by atoms with van der Waals surface area (Å²) in [5.41, 5.74) is 5.43. The maximum absolute atomic E-state index is 5.48. The van der Waals surface area contributed by atoms with Crippen LogP contribution >= 0.6 is 0 Å². The van der Waals surface area contributed by atoms with Gasteiger partial charge in [-0.2, -0.15) is 0 Å². The molecule has 0 bridgehead atoms. The number of ether oxygens (including phenoxy) is 1. The predicted octanol–water partition coefficient (Wildman–Crippen LogP) is 2.30. The number of nitrogens with two attached hydrogens (primary N) is 1. The van der Waals surface area contributed by atoms with Crippen LogP contribution in [0.4, 0.5) is 0 Å². The highest BCUT2D eigenvalue weighted by atomic mass is 16.5. The first-order valence-electron chi connectivity index (χ1n) is 6.90. The molecular formula is C13H30N2O. The summed E-state index contributed by atoms with van der Waals surface area (Å²) in [4.78, 5) is 0. The fourth-order valence-electron chi connectivity index (χ4n) is 1.52. The van der Waals surface area contributed by atoms with E-state index in [0.717, 1.165) is 39.3 Å². The van der Waals surface area contributed by atoms with E-state index in [1.165, 1.54) is 38.5 Å². The third kappa shape index (κ3) is 13.9. The summed E-state index contributed by atoms with van der Waals surface area (Å²) in [7, 11) is 0. The molecule has 3 N–H and O–H groups in total. The van der Waals surface area contributed by atoms with Crippen molar-refractivity contribution >= 4 is 0 Å². The number of hydrogen-bond donors (Lipinski definition) is 2. The van der Waals surface area contributed by atoms with E-state index in [9.17, 15) is 0 Å². The van der Waals surface area contributed by atoms with Gasteiger partial charge in [-0.3, -0.25) is 0 Å². The van der Waals surface area contributed by atoms with Crippen LogP contribution in [-0.2, 0) is 4.74 Å². The predicted molar refractivity (Wildman–Crippen MR) is 70.7 cm³/mol. The SMILES string of the molecule is CCCCOCCCNCCCCCCN. The normalized spacial score (nSPS) is 10.9. The lowest BCUT2D eigenvalue weighted by Gasteiger charge is -2.05. The van der Waals surface area contributed by atoms with Gasteiger partial charge in [-0.1, -0.05) is 26.2 Å². The molecule has 0 saturated carbocycles. The van der Waals surface area contributed by atoms with Gasteiger partial charge in [0.05, 0.1) is 0 Å². The molecule has 0 spiro atoms. The molecule has 3 nitrogen and oxygen atoms in total. The molecule has 0 aliphatic heterocycles. The largest absolute Gasteiger partial charge is 0.381 e. The fourth-order valence-corrected chi connectivity index (χ4v) is 1.52. The van der Waals surface area contributed by atoms with Gasteiger partial charge < -0.3 is 15.8 Å². The van der Waals surface area contributed by atoms with Crippen LogP contribution in [-0.4, -0.2) is 32.8 Å². The van der Waals surface area contributed by atoms with E-state index in [2.05, 4.69) is 12.2 Å². The zero-order valence-electron chi connectivity index (χ0n) is 11.0. The van der Waals surface area contributed by atoms with Gasteiger partial charge in [-0.05, 0) is 45.3 Å². The molecule has 16 heavy (non-hydrogen) atoms. The Morgan fingerprint density at radius 1 is 0.875 bits per heavy atom. The van der Waals surface area contributed by atoms with Gasteiger partial charge in [-0.25, -0.2) is 0 Å². The van der Waals surface area contributed by atoms with Gasteiger partial charge in [-0.15, -0.1) is 0 Å². The minimum atomic E-state index is 0.836. The molecule has 0 unspecified atom stereocenters. The second-order valence-electron chi connectivity index (χ2n) is 4.27. The molecule has 0 aromatic rings. The summed E-state index contributed by atoms with van der Waals surface area (Å²) in [5.74, 6) is 0. The molecular weight excluding hydrogens is 200 g/mol. The monoisotopic (exact) mass is 230 g/mol. The molecule has 0 radical (unpaired) electrons. The summed E-state index contributed by atoms with van der Waals surface area (Å²) in [6.07, 6.45) is 8.57. The van der Waals surface area contributed by atoms with E-state index >= 15 is 0 Å². The van der Waals surface area contributed by atoms with E-state index in [1.54, 1.807) is 0 Å². The van der Waals surface area contributed by atoms with E-state index in [0.29, 0.717) is 0 Å². The molecule has 0 fully saturated rings. The summed E-state index contributed by atoms with van der Waals surface area (Å²) in [5, 5.41) is 3.44. The van der Waals surface area contributed by atoms with Gasteiger partial charge in [0.25, 0.3) is 0 Å². The van der Waals surface area contributed by atoms with Crippen LogP contribution in [0.5, 0.6) is 0 Å². The van der Waals surface area contributed by atoms with E-state index in [-0.39, 0.29) is 0 Å². The highest BCUT2D eigenvalue weighted by Gasteiger charge is 1.91. The smallest absolute Gasteiger partial charge is 0.0478 e. The Morgan fingerprint density at radius 3 is 2.31 bits per heavy atom. The lowest BCUT2D eigenvalue weighted by molar-refractivity contribution is 0.129. The van der Waals surface area contributed by atoms with Gasteiger partial charge >= 0.3 is 0 Å². The molecule has 0 aromatic heterocycles. The van der Waals surface area contributed by atoms with Crippen molar-refractivity contribution in [3.8, 4) is 0 Å². The van der Waals surface area contributed by atoms with Crippen molar-refractivity contribution < 1.29 is 4.74 Å². The highest BCUT2D eigenvalue weighted by Crippen LogP contribution is 1.96. The Kier molecular flexibility index (Phi) is 14.8. The average molecular weight is 230 g/mol. The summed E-state index contributed by atoms with van der Waals surface area (Å²) < 4.78 is 5.48. The molecule has 98 valence electrons. The van der Waals surface area contributed by atoms with Crippen LogP contribution in [0, 0.1) is 0 Å². The van der Waals surface area contributed by atoms with Crippen LogP contribution < -0.4 is 11.1 Å². The molecule has 0 atom stereocenters. The number of nitrogens with one attached hydrogen (secondary N) is 1. The molecule has 3 heteroatoms. The van der Waals surface area contributed by atoms with Crippen LogP contribution in [0.1, 0.15) is 51.9 Å². The van der Waals surface area contributed by atoms with Crippen LogP contribution in [0.2, 0.25) is 0 Å². The minimum absolute atomic E-state index is 0.836. The van der Waals surface area contributed by atoms with Gasteiger partial charge in [0.2, 0.25) is 0 Å². The van der Waals surface area contributed by atoms with E-state index in [1.807, 2.05) is 0 Å². The Hall–Kier alpha value is -0.120. The standard InChI is InChI=1S/C13H30N2O/c1-2-3-12-16-13-8-11-15-10-7-5-4-6-9-14/h15H,2-14H2,1H3. The highest BCUT2D eigenvalue weighted by molar-refractivity contribution is 4.50. The lowest BCUT2D eigenvalue weighted by atomic mass is 10.2.